The Morgan fingerprint density at radius 1 is 0.905 bits per heavy atom. The summed E-state index contributed by atoms with van der Waals surface area (Å²) in [5.41, 5.74) is -0.580. The number of alkyl halides is 4. The summed E-state index contributed by atoms with van der Waals surface area (Å²) in [5, 5.41) is 8.74. The quantitative estimate of drug-likeness (QED) is 0.849. The largest absolute Gasteiger partial charge is 0.478 e. The average Bonchev–Trinajstić information content (AvgIpc) is 2.46. The SMILES string of the molecule is O=C(O)c1ccc(C(F)c2ccc(C(F)(F)F)cc2)cc1. The van der Waals surface area contributed by atoms with Gasteiger partial charge in [-0.05, 0) is 35.4 Å². The molecule has 110 valence electrons. The van der Waals surface area contributed by atoms with E-state index in [2.05, 4.69) is 0 Å². The zero-order valence-corrected chi connectivity index (χ0v) is 10.6. The summed E-state index contributed by atoms with van der Waals surface area (Å²) >= 11 is 0. The van der Waals surface area contributed by atoms with Gasteiger partial charge in [0.2, 0.25) is 0 Å². The Labute approximate surface area is 117 Å². The zero-order chi connectivity index (χ0) is 15.6. The lowest BCUT2D eigenvalue weighted by Gasteiger charge is -2.11. The summed E-state index contributed by atoms with van der Waals surface area (Å²) in [6.45, 7) is 0. The van der Waals surface area contributed by atoms with E-state index in [9.17, 15) is 22.4 Å². The van der Waals surface area contributed by atoms with Crippen molar-refractivity contribution in [2.24, 2.45) is 0 Å². The molecule has 0 aliphatic carbocycles. The van der Waals surface area contributed by atoms with Gasteiger partial charge in [-0.1, -0.05) is 24.3 Å². The number of hydrogen-bond acceptors (Lipinski definition) is 1. The summed E-state index contributed by atoms with van der Waals surface area (Å²) in [6, 6.07) is 8.85. The van der Waals surface area contributed by atoms with E-state index in [-0.39, 0.29) is 16.7 Å². The normalized spacial score (nSPS) is 13.0. The van der Waals surface area contributed by atoms with Gasteiger partial charge in [0.25, 0.3) is 0 Å². The molecule has 6 heteroatoms. The number of hydrogen-bond donors (Lipinski definition) is 1. The monoisotopic (exact) mass is 298 g/mol. The lowest BCUT2D eigenvalue weighted by atomic mass is 10.0. The van der Waals surface area contributed by atoms with Crippen LogP contribution in [0.1, 0.15) is 33.2 Å². The first-order valence-electron chi connectivity index (χ1n) is 5.93. The van der Waals surface area contributed by atoms with Crippen LogP contribution in [0.3, 0.4) is 0 Å². The Morgan fingerprint density at radius 2 is 1.33 bits per heavy atom. The summed E-state index contributed by atoms with van der Waals surface area (Å²) in [6.07, 6.45) is -6.08. The summed E-state index contributed by atoms with van der Waals surface area (Å²) in [7, 11) is 0. The van der Waals surface area contributed by atoms with Gasteiger partial charge < -0.3 is 5.11 Å². The van der Waals surface area contributed by atoms with Crippen LogP contribution >= 0.6 is 0 Å². The molecule has 0 saturated carbocycles. The fourth-order valence-corrected chi connectivity index (χ4v) is 1.83. The third kappa shape index (κ3) is 3.39. The highest BCUT2D eigenvalue weighted by atomic mass is 19.4. The smallest absolute Gasteiger partial charge is 0.416 e. The molecule has 0 aromatic heterocycles. The lowest BCUT2D eigenvalue weighted by molar-refractivity contribution is -0.137. The molecule has 2 nitrogen and oxygen atoms in total. The fourth-order valence-electron chi connectivity index (χ4n) is 1.83. The molecule has 0 fully saturated rings. The molecule has 0 aliphatic rings. The van der Waals surface area contributed by atoms with Crippen molar-refractivity contribution in [3.05, 3.63) is 70.8 Å². The maximum Gasteiger partial charge on any atom is 0.416 e. The first-order valence-corrected chi connectivity index (χ1v) is 5.93. The van der Waals surface area contributed by atoms with Crippen molar-refractivity contribution in [1.29, 1.82) is 0 Å². The van der Waals surface area contributed by atoms with E-state index in [4.69, 9.17) is 5.11 Å². The predicted octanol–water partition coefficient (Wildman–Crippen LogP) is 4.46. The van der Waals surface area contributed by atoms with Crippen LogP contribution in [0.4, 0.5) is 17.6 Å². The molecule has 0 amide bonds. The third-order valence-electron chi connectivity index (χ3n) is 2.98. The highest BCUT2D eigenvalue weighted by Gasteiger charge is 2.30. The molecule has 0 radical (unpaired) electrons. The Hall–Kier alpha value is -2.37. The van der Waals surface area contributed by atoms with Gasteiger partial charge in [0.05, 0.1) is 11.1 Å². The second-order valence-corrected chi connectivity index (χ2v) is 4.41. The molecule has 2 aromatic rings. The number of rotatable bonds is 3. The molecule has 0 heterocycles. The van der Waals surface area contributed by atoms with E-state index in [1.807, 2.05) is 0 Å². The van der Waals surface area contributed by atoms with Gasteiger partial charge >= 0.3 is 12.1 Å². The standard InChI is InChI=1S/C15H10F4O2/c16-13(9-1-3-11(4-2-9)14(20)21)10-5-7-12(8-6-10)15(17,18)19/h1-8,13H,(H,20,21). The molecule has 1 unspecified atom stereocenters. The predicted molar refractivity (Wildman–Crippen MR) is 67.8 cm³/mol. The second kappa shape index (κ2) is 5.55. The molecule has 0 saturated heterocycles. The maximum atomic E-state index is 14.2. The van der Waals surface area contributed by atoms with Crippen LogP contribution in [0.15, 0.2) is 48.5 Å². The lowest BCUT2D eigenvalue weighted by Crippen LogP contribution is -2.05. The van der Waals surface area contributed by atoms with Crippen LogP contribution in [0.5, 0.6) is 0 Å². The van der Waals surface area contributed by atoms with E-state index in [1.54, 1.807) is 0 Å². The fraction of sp³-hybridized carbons (Fsp3) is 0.133. The number of benzene rings is 2. The number of carboxylic acids is 1. The molecule has 0 bridgehead atoms. The first-order chi connectivity index (χ1) is 9.79. The van der Waals surface area contributed by atoms with Crippen LogP contribution < -0.4 is 0 Å². The van der Waals surface area contributed by atoms with Gasteiger partial charge in [-0.2, -0.15) is 13.2 Å². The Morgan fingerprint density at radius 3 is 1.71 bits per heavy atom. The van der Waals surface area contributed by atoms with E-state index >= 15 is 0 Å². The molecule has 21 heavy (non-hydrogen) atoms. The van der Waals surface area contributed by atoms with Gasteiger partial charge in [0.1, 0.15) is 0 Å². The minimum Gasteiger partial charge on any atom is -0.478 e. The van der Waals surface area contributed by atoms with Gasteiger partial charge in [-0.3, -0.25) is 0 Å². The third-order valence-corrected chi connectivity index (χ3v) is 2.98. The molecular weight excluding hydrogens is 288 g/mol. The van der Waals surface area contributed by atoms with Crippen molar-refractivity contribution in [3.8, 4) is 0 Å². The van der Waals surface area contributed by atoms with Crippen molar-refractivity contribution < 1.29 is 27.5 Å². The van der Waals surface area contributed by atoms with Crippen molar-refractivity contribution in [1.82, 2.24) is 0 Å². The van der Waals surface area contributed by atoms with Gasteiger partial charge in [-0.25, -0.2) is 9.18 Å². The summed E-state index contributed by atoms with van der Waals surface area (Å²) in [4.78, 5) is 10.7. The zero-order valence-electron chi connectivity index (χ0n) is 10.6. The Balaban J connectivity index is 2.23. The summed E-state index contributed by atoms with van der Waals surface area (Å²) in [5.74, 6) is -1.13. The number of carboxylic acid groups (broad SMARTS) is 1. The maximum absolute atomic E-state index is 14.2. The highest BCUT2D eigenvalue weighted by molar-refractivity contribution is 5.87. The Bertz CT molecular complexity index is 630. The second-order valence-electron chi connectivity index (χ2n) is 4.41. The minimum atomic E-state index is -4.46. The van der Waals surface area contributed by atoms with Crippen molar-refractivity contribution in [3.63, 3.8) is 0 Å². The van der Waals surface area contributed by atoms with Crippen molar-refractivity contribution >= 4 is 5.97 Å². The van der Waals surface area contributed by atoms with E-state index in [1.165, 1.54) is 24.3 Å². The Kier molecular flexibility index (Phi) is 3.97. The average molecular weight is 298 g/mol. The molecule has 0 spiro atoms. The molecule has 1 atom stereocenters. The first kappa shape index (κ1) is 15.0. The number of carbonyl (C=O) groups is 1. The van der Waals surface area contributed by atoms with Crippen LogP contribution in [-0.2, 0) is 6.18 Å². The van der Waals surface area contributed by atoms with E-state index in [0.29, 0.717) is 0 Å². The summed E-state index contributed by atoms with van der Waals surface area (Å²) < 4.78 is 51.4. The van der Waals surface area contributed by atoms with Crippen LogP contribution in [0.25, 0.3) is 0 Å². The van der Waals surface area contributed by atoms with Crippen LogP contribution in [0, 0.1) is 0 Å². The molecule has 2 aromatic carbocycles. The molecule has 2 rings (SSSR count). The number of halogens is 4. The van der Waals surface area contributed by atoms with Gasteiger partial charge in [-0.15, -0.1) is 0 Å². The van der Waals surface area contributed by atoms with Gasteiger partial charge in [0, 0.05) is 0 Å². The van der Waals surface area contributed by atoms with Crippen molar-refractivity contribution in [2.75, 3.05) is 0 Å². The number of aromatic carboxylic acids is 1. The van der Waals surface area contributed by atoms with Gasteiger partial charge in [0.15, 0.2) is 6.17 Å². The van der Waals surface area contributed by atoms with E-state index in [0.717, 1.165) is 24.3 Å². The minimum absolute atomic E-state index is 0.0124. The molecule has 1 N–H and O–H groups in total. The topological polar surface area (TPSA) is 37.3 Å². The van der Waals surface area contributed by atoms with Crippen LogP contribution in [0.2, 0.25) is 0 Å². The van der Waals surface area contributed by atoms with E-state index < -0.39 is 23.9 Å². The molecule has 0 aliphatic heterocycles. The van der Waals surface area contributed by atoms with Crippen molar-refractivity contribution in [2.45, 2.75) is 12.3 Å². The highest BCUT2D eigenvalue weighted by Crippen LogP contribution is 2.32. The van der Waals surface area contributed by atoms with Crippen LogP contribution in [-0.4, -0.2) is 11.1 Å². The molecular formula is C15H10F4O2.